The molecular weight excluding hydrogens is 288 g/mol. The molecule has 0 bridgehead atoms. The summed E-state index contributed by atoms with van der Waals surface area (Å²) in [6.07, 6.45) is 7.72. The number of piperidine rings is 1. The summed E-state index contributed by atoms with van der Waals surface area (Å²) in [4.78, 5) is 19.1. The summed E-state index contributed by atoms with van der Waals surface area (Å²) in [5.74, 6) is 0.557. The minimum Gasteiger partial charge on any atom is -0.330 e. The third kappa shape index (κ3) is 3.60. The number of hydrogen-bond acceptors (Lipinski definition) is 3. The topological polar surface area (TPSA) is 61.9 Å². The third-order valence-electron chi connectivity index (χ3n) is 4.31. The summed E-state index contributed by atoms with van der Waals surface area (Å²) in [6, 6.07) is 5.99. The number of aromatic nitrogens is 3. The van der Waals surface area contributed by atoms with Crippen LogP contribution in [0.2, 0.25) is 0 Å². The number of rotatable bonds is 4. The predicted octanol–water partition coefficient (Wildman–Crippen LogP) is 3.37. The van der Waals surface area contributed by atoms with Crippen molar-refractivity contribution in [3.05, 3.63) is 47.5 Å². The van der Waals surface area contributed by atoms with Crippen LogP contribution in [0.4, 0.5) is 0 Å². The van der Waals surface area contributed by atoms with Crippen LogP contribution in [0.5, 0.6) is 0 Å². The molecule has 0 aromatic carbocycles. The highest BCUT2D eigenvalue weighted by atomic mass is 16.2. The van der Waals surface area contributed by atoms with Gasteiger partial charge in [-0.1, -0.05) is 19.9 Å². The van der Waals surface area contributed by atoms with E-state index in [0.717, 1.165) is 43.5 Å². The Bertz CT molecular complexity index is 650. The van der Waals surface area contributed by atoms with E-state index in [1.807, 2.05) is 23.2 Å². The minimum absolute atomic E-state index is 0.0183. The number of carbonyl (C=O) groups excluding carboxylic acids is 1. The molecule has 0 saturated carbocycles. The van der Waals surface area contributed by atoms with Crippen molar-refractivity contribution in [2.45, 2.75) is 45.6 Å². The highest BCUT2D eigenvalue weighted by molar-refractivity contribution is 5.92. The van der Waals surface area contributed by atoms with E-state index in [1.165, 1.54) is 0 Å². The average molecular weight is 312 g/mol. The number of H-pyrrole nitrogens is 1. The van der Waals surface area contributed by atoms with Gasteiger partial charge in [-0.25, -0.2) is 0 Å². The van der Waals surface area contributed by atoms with Crippen molar-refractivity contribution in [3.8, 4) is 0 Å². The van der Waals surface area contributed by atoms with Crippen molar-refractivity contribution in [1.82, 2.24) is 20.1 Å². The van der Waals surface area contributed by atoms with Gasteiger partial charge in [0.25, 0.3) is 5.91 Å². The molecule has 1 fully saturated rings. The van der Waals surface area contributed by atoms with Gasteiger partial charge in [-0.3, -0.25) is 14.9 Å². The second-order valence-corrected chi connectivity index (χ2v) is 6.67. The first-order valence-corrected chi connectivity index (χ1v) is 8.40. The van der Waals surface area contributed by atoms with Crippen LogP contribution in [0.3, 0.4) is 0 Å². The zero-order valence-corrected chi connectivity index (χ0v) is 13.8. The fourth-order valence-electron chi connectivity index (χ4n) is 3.26. The zero-order chi connectivity index (χ0) is 16.2. The first-order chi connectivity index (χ1) is 11.1. The van der Waals surface area contributed by atoms with Crippen LogP contribution in [0, 0.1) is 5.92 Å². The molecule has 3 rings (SSSR count). The number of nitrogens with zero attached hydrogens (tertiary/aromatic N) is 3. The van der Waals surface area contributed by atoms with Crippen LogP contribution in [-0.4, -0.2) is 32.5 Å². The lowest BCUT2D eigenvalue weighted by molar-refractivity contribution is 0.0605. The summed E-state index contributed by atoms with van der Waals surface area (Å²) in [5.41, 5.74) is 2.66. The maximum Gasteiger partial charge on any atom is 0.274 e. The van der Waals surface area contributed by atoms with Gasteiger partial charge < -0.3 is 4.90 Å². The van der Waals surface area contributed by atoms with Crippen molar-refractivity contribution in [1.29, 1.82) is 0 Å². The van der Waals surface area contributed by atoms with E-state index >= 15 is 0 Å². The smallest absolute Gasteiger partial charge is 0.274 e. The Hall–Kier alpha value is -2.17. The lowest BCUT2D eigenvalue weighted by Gasteiger charge is -2.35. The fourth-order valence-corrected chi connectivity index (χ4v) is 3.26. The molecule has 0 aliphatic carbocycles. The molecule has 1 atom stereocenters. The van der Waals surface area contributed by atoms with Crippen LogP contribution < -0.4 is 0 Å². The molecule has 1 aliphatic rings. The van der Waals surface area contributed by atoms with E-state index in [0.29, 0.717) is 11.6 Å². The van der Waals surface area contributed by atoms with E-state index in [9.17, 15) is 4.79 Å². The SMILES string of the molecule is CC(C)Cc1cc(C(=O)N2CCCC[C@@H]2c2cccnc2)n[nH]1. The minimum atomic E-state index is 0.0183. The van der Waals surface area contributed by atoms with Crippen molar-refractivity contribution < 1.29 is 4.79 Å². The van der Waals surface area contributed by atoms with Crippen LogP contribution >= 0.6 is 0 Å². The largest absolute Gasteiger partial charge is 0.330 e. The summed E-state index contributed by atoms with van der Waals surface area (Å²) in [5, 5.41) is 7.24. The van der Waals surface area contributed by atoms with E-state index in [1.54, 1.807) is 6.20 Å². The Morgan fingerprint density at radius 1 is 1.43 bits per heavy atom. The number of amides is 1. The molecule has 0 unspecified atom stereocenters. The van der Waals surface area contributed by atoms with Crippen LogP contribution in [0.15, 0.2) is 30.6 Å². The van der Waals surface area contributed by atoms with Gasteiger partial charge in [0.05, 0.1) is 6.04 Å². The first-order valence-electron chi connectivity index (χ1n) is 8.40. The lowest BCUT2D eigenvalue weighted by atomic mass is 9.96. The lowest BCUT2D eigenvalue weighted by Crippen LogP contribution is -2.38. The Balaban J connectivity index is 1.80. The van der Waals surface area contributed by atoms with Crippen molar-refractivity contribution in [2.75, 3.05) is 6.54 Å². The molecule has 2 aromatic rings. The van der Waals surface area contributed by atoms with Crippen LogP contribution in [-0.2, 0) is 6.42 Å². The van der Waals surface area contributed by atoms with Gasteiger partial charge in [0.15, 0.2) is 0 Å². The van der Waals surface area contributed by atoms with Crippen molar-refractivity contribution >= 4 is 5.91 Å². The van der Waals surface area contributed by atoms with Gasteiger partial charge >= 0.3 is 0 Å². The molecule has 122 valence electrons. The summed E-state index contributed by atoms with van der Waals surface area (Å²) in [6.45, 7) is 5.10. The molecular formula is C18H24N4O. The second kappa shape index (κ2) is 6.94. The molecule has 23 heavy (non-hydrogen) atoms. The number of nitrogens with one attached hydrogen (secondary N) is 1. The highest BCUT2D eigenvalue weighted by Crippen LogP contribution is 2.31. The number of carbonyl (C=O) groups is 1. The first kappa shape index (κ1) is 15.7. The predicted molar refractivity (Wildman–Crippen MR) is 89.0 cm³/mol. The average Bonchev–Trinajstić information content (AvgIpc) is 3.03. The molecule has 1 aliphatic heterocycles. The Morgan fingerprint density at radius 3 is 3.04 bits per heavy atom. The summed E-state index contributed by atoms with van der Waals surface area (Å²) >= 11 is 0. The van der Waals surface area contributed by atoms with Crippen LogP contribution in [0.1, 0.15) is 60.9 Å². The maximum atomic E-state index is 12.9. The van der Waals surface area contributed by atoms with Crippen LogP contribution in [0.25, 0.3) is 0 Å². The summed E-state index contributed by atoms with van der Waals surface area (Å²) in [7, 11) is 0. The molecule has 0 radical (unpaired) electrons. The van der Waals surface area contributed by atoms with Gasteiger partial charge in [0.1, 0.15) is 5.69 Å². The fraction of sp³-hybridized carbons (Fsp3) is 0.500. The number of pyridine rings is 1. The molecule has 1 N–H and O–H groups in total. The van der Waals surface area contributed by atoms with E-state index in [4.69, 9.17) is 0 Å². The Labute approximate surface area is 137 Å². The van der Waals surface area contributed by atoms with Gasteiger partial charge in [0, 0.05) is 24.6 Å². The number of aromatic amines is 1. The van der Waals surface area contributed by atoms with Crippen molar-refractivity contribution in [3.63, 3.8) is 0 Å². The molecule has 5 heteroatoms. The standard InChI is InChI=1S/C18H24N4O/c1-13(2)10-15-11-16(21-20-15)18(23)22-9-4-3-7-17(22)14-6-5-8-19-12-14/h5-6,8,11-13,17H,3-4,7,9-10H2,1-2H3,(H,20,21)/t17-/m1/s1. The van der Waals surface area contributed by atoms with E-state index < -0.39 is 0 Å². The van der Waals surface area contributed by atoms with Gasteiger partial charge in [-0.2, -0.15) is 5.10 Å². The Morgan fingerprint density at radius 2 is 2.30 bits per heavy atom. The molecule has 2 aromatic heterocycles. The summed E-state index contributed by atoms with van der Waals surface area (Å²) < 4.78 is 0. The number of hydrogen-bond donors (Lipinski definition) is 1. The Kier molecular flexibility index (Phi) is 4.74. The molecule has 3 heterocycles. The molecule has 5 nitrogen and oxygen atoms in total. The molecule has 0 spiro atoms. The maximum absolute atomic E-state index is 12.9. The van der Waals surface area contributed by atoms with Gasteiger partial charge in [-0.05, 0) is 49.3 Å². The monoisotopic (exact) mass is 312 g/mol. The van der Waals surface area contributed by atoms with Crippen molar-refractivity contribution in [2.24, 2.45) is 5.92 Å². The second-order valence-electron chi connectivity index (χ2n) is 6.67. The van der Waals surface area contributed by atoms with Gasteiger partial charge in [0.2, 0.25) is 0 Å². The molecule has 1 amide bonds. The molecule has 1 saturated heterocycles. The van der Waals surface area contributed by atoms with E-state index in [-0.39, 0.29) is 11.9 Å². The van der Waals surface area contributed by atoms with E-state index in [2.05, 4.69) is 35.1 Å². The quantitative estimate of drug-likeness (QED) is 0.941. The third-order valence-corrected chi connectivity index (χ3v) is 4.31. The highest BCUT2D eigenvalue weighted by Gasteiger charge is 2.30. The number of likely N-dealkylation sites (tertiary alicyclic amines) is 1. The van der Waals surface area contributed by atoms with Gasteiger partial charge in [-0.15, -0.1) is 0 Å². The normalized spacial score (nSPS) is 18.4. The zero-order valence-electron chi connectivity index (χ0n) is 13.8.